The van der Waals surface area contributed by atoms with Gasteiger partial charge in [-0.2, -0.15) is 0 Å². The summed E-state index contributed by atoms with van der Waals surface area (Å²) in [6.07, 6.45) is 5.30. The van der Waals surface area contributed by atoms with Crippen LogP contribution >= 0.6 is 11.3 Å². The largest absolute Gasteiger partial charge is 0.465 e. The second-order valence-electron chi connectivity index (χ2n) is 4.44. The van der Waals surface area contributed by atoms with Gasteiger partial charge in [-0.25, -0.2) is 9.78 Å². The molecule has 4 nitrogen and oxygen atoms in total. The number of aryl methyl sites for hydroxylation is 1. The molecule has 0 atom stereocenters. The van der Waals surface area contributed by atoms with Crippen molar-refractivity contribution in [2.24, 2.45) is 5.92 Å². The first kappa shape index (κ1) is 12.4. The number of nitrogens with zero attached hydrogens (tertiary/aromatic N) is 1. The Morgan fingerprint density at radius 3 is 3.00 bits per heavy atom. The third-order valence-corrected chi connectivity index (χ3v) is 4.02. The van der Waals surface area contributed by atoms with Crippen LogP contribution in [0.25, 0.3) is 0 Å². The number of carbonyl (C=O) groups is 1. The molecule has 0 radical (unpaired) electrons. The van der Waals surface area contributed by atoms with Gasteiger partial charge in [-0.15, -0.1) is 0 Å². The number of methoxy groups -OCH3 is 1. The van der Waals surface area contributed by atoms with Crippen molar-refractivity contribution in [2.45, 2.75) is 32.6 Å². The third-order valence-electron chi connectivity index (χ3n) is 2.93. The lowest BCUT2D eigenvalue weighted by atomic mass is 10.2. The molecule has 1 saturated carbocycles. The number of ether oxygens (including phenoxy) is 1. The zero-order valence-corrected chi connectivity index (χ0v) is 11.1. The minimum absolute atomic E-state index is 0.300. The molecule has 0 aromatic carbocycles. The maximum atomic E-state index is 11.4. The fraction of sp³-hybridized carbons (Fsp3) is 0.667. The Hall–Kier alpha value is -1.10. The van der Waals surface area contributed by atoms with Crippen molar-refractivity contribution >= 4 is 22.4 Å². The summed E-state index contributed by atoms with van der Waals surface area (Å²) in [7, 11) is 1.39. The average Bonchev–Trinajstić information content (AvgIpc) is 3.07. The van der Waals surface area contributed by atoms with Gasteiger partial charge in [0.1, 0.15) is 4.88 Å². The molecule has 1 N–H and O–H groups in total. The highest BCUT2D eigenvalue weighted by Crippen LogP contribution is 2.33. The first-order valence-electron chi connectivity index (χ1n) is 6.00. The van der Waals surface area contributed by atoms with Gasteiger partial charge in [0.15, 0.2) is 5.13 Å². The molecule has 0 amide bonds. The molecular formula is C12H18N2O2S. The number of esters is 1. The van der Waals surface area contributed by atoms with E-state index in [0.29, 0.717) is 4.88 Å². The van der Waals surface area contributed by atoms with Crippen LogP contribution < -0.4 is 5.32 Å². The number of rotatable bonds is 6. The van der Waals surface area contributed by atoms with Crippen molar-refractivity contribution in [3.8, 4) is 0 Å². The smallest absolute Gasteiger partial charge is 0.350 e. The van der Waals surface area contributed by atoms with Crippen LogP contribution in [0.2, 0.25) is 0 Å². The molecular weight excluding hydrogens is 236 g/mol. The first-order chi connectivity index (χ1) is 8.20. The minimum Gasteiger partial charge on any atom is -0.465 e. The SMILES string of the molecule is COC(=O)c1sc(NCCCC2CC2)nc1C. The number of hydrogen-bond acceptors (Lipinski definition) is 5. The zero-order chi connectivity index (χ0) is 12.3. The number of anilines is 1. The molecule has 0 spiro atoms. The number of nitrogens with one attached hydrogen (secondary N) is 1. The minimum atomic E-state index is -0.300. The van der Waals surface area contributed by atoms with Crippen molar-refractivity contribution in [2.75, 3.05) is 19.0 Å². The molecule has 0 aliphatic heterocycles. The summed E-state index contributed by atoms with van der Waals surface area (Å²) in [5, 5.41) is 4.09. The van der Waals surface area contributed by atoms with Crippen LogP contribution in [0.4, 0.5) is 5.13 Å². The van der Waals surface area contributed by atoms with E-state index in [1.165, 1.54) is 44.1 Å². The van der Waals surface area contributed by atoms with E-state index < -0.39 is 0 Å². The lowest BCUT2D eigenvalue weighted by Gasteiger charge is -2.00. The van der Waals surface area contributed by atoms with Gasteiger partial charge in [-0.1, -0.05) is 24.2 Å². The topological polar surface area (TPSA) is 51.2 Å². The monoisotopic (exact) mass is 254 g/mol. The molecule has 1 fully saturated rings. The maximum Gasteiger partial charge on any atom is 0.350 e. The summed E-state index contributed by atoms with van der Waals surface area (Å²) in [6, 6.07) is 0. The Morgan fingerprint density at radius 1 is 1.59 bits per heavy atom. The van der Waals surface area contributed by atoms with Crippen LogP contribution in [-0.4, -0.2) is 24.6 Å². The molecule has 0 bridgehead atoms. The summed E-state index contributed by atoms with van der Waals surface area (Å²) in [5.74, 6) is 0.673. The van der Waals surface area contributed by atoms with Crippen LogP contribution in [0.15, 0.2) is 0 Å². The Kier molecular flexibility index (Phi) is 3.99. The Bertz CT molecular complexity index is 399. The molecule has 1 aromatic heterocycles. The van der Waals surface area contributed by atoms with E-state index in [1.54, 1.807) is 0 Å². The normalized spacial score (nSPS) is 14.7. The van der Waals surface area contributed by atoms with Gasteiger partial charge in [0.2, 0.25) is 0 Å². The van der Waals surface area contributed by atoms with Gasteiger partial charge in [-0.05, 0) is 25.7 Å². The molecule has 94 valence electrons. The standard InChI is InChI=1S/C12H18N2O2S/c1-8-10(11(15)16-2)17-12(14-8)13-7-3-4-9-5-6-9/h9H,3-7H2,1-2H3,(H,13,14). The Morgan fingerprint density at radius 2 is 2.35 bits per heavy atom. The summed E-state index contributed by atoms with van der Waals surface area (Å²) < 4.78 is 4.70. The van der Waals surface area contributed by atoms with E-state index in [-0.39, 0.29) is 5.97 Å². The van der Waals surface area contributed by atoms with Gasteiger partial charge in [0, 0.05) is 6.54 Å². The Labute approximate surface area is 105 Å². The van der Waals surface area contributed by atoms with Gasteiger partial charge >= 0.3 is 5.97 Å². The molecule has 17 heavy (non-hydrogen) atoms. The van der Waals surface area contributed by atoms with Crippen molar-refractivity contribution < 1.29 is 9.53 Å². The molecule has 1 heterocycles. The number of carbonyl (C=O) groups excluding carboxylic acids is 1. The molecule has 2 rings (SSSR count). The fourth-order valence-corrected chi connectivity index (χ4v) is 2.66. The lowest BCUT2D eigenvalue weighted by Crippen LogP contribution is -2.01. The van der Waals surface area contributed by atoms with E-state index in [1.807, 2.05) is 6.92 Å². The Balaban J connectivity index is 1.81. The second-order valence-corrected chi connectivity index (χ2v) is 5.44. The number of thiazole rings is 1. The summed E-state index contributed by atoms with van der Waals surface area (Å²) in [6.45, 7) is 2.77. The maximum absolute atomic E-state index is 11.4. The highest BCUT2D eigenvalue weighted by molar-refractivity contribution is 7.17. The quantitative estimate of drug-likeness (QED) is 0.626. The van der Waals surface area contributed by atoms with Crippen LogP contribution in [0.1, 0.15) is 41.0 Å². The van der Waals surface area contributed by atoms with Crippen molar-refractivity contribution in [3.05, 3.63) is 10.6 Å². The van der Waals surface area contributed by atoms with Crippen LogP contribution in [0.5, 0.6) is 0 Å². The lowest BCUT2D eigenvalue weighted by molar-refractivity contribution is 0.0605. The van der Waals surface area contributed by atoms with Crippen molar-refractivity contribution in [1.29, 1.82) is 0 Å². The first-order valence-corrected chi connectivity index (χ1v) is 6.82. The second kappa shape index (κ2) is 5.49. The van der Waals surface area contributed by atoms with E-state index in [0.717, 1.165) is 23.3 Å². The predicted octanol–water partition coefficient (Wildman–Crippen LogP) is 2.84. The molecule has 5 heteroatoms. The van der Waals surface area contributed by atoms with Gasteiger partial charge in [-0.3, -0.25) is 0 Å². The molecule has 0 unspecified atom stereocenters. The third kappa shape index (κ3) is 3.43. The van der Waals surface area contributed by atoms with Crippen LogP contribution in [0, 0.1) is 12.8 Å². The zero-order valence-electron chi connectivity index (χ0n) is 10.3. The van der Waals surface area contributed by atoms with E-state index >= 15 is 0 Å². The molecule has 0 saturated heterocycles. The summed E-state index contributed by atoms with van der Waals surface area (Å²) >= 11 is 1.37. The van der Waals surface area contributed by atoms with Crippen molar-refractivity contribution in [3.63, 3.8) is 0 Å². The fourth-order valence-electron chi connectivity index (χ4n) is 1.75. The van der Waals surface area contributed by atoms with Gasteiger partial charge in [0.25, 0.3) is 0 Å². The molecule has 1 aliphatic rings. The van der Waals surface area contributed by atoms with Gasteiger partial charge in [0.05, 0.1) is 12.8 Å². The average molecular weight is 254 g/mol. The van der Waals surface area contributed by atoms with E-state index in [9.17, 15) is 4.79 Å². The predicted molar refractivity (Wildman–Crippen MR) is 68.6 cm³/mol. The van der Waals surface area contributed by atoms with Crippen molar-refractivity contribution in [1.82, 2.24) is 4.98 Å². The highest BCUT2D eigenvalue weighted by atomic mass is 32.1. The molecule has 1 aliphatic carbocycles. The molecule has 1 aromatic rings. The van der Waals surface area contributed by atoms with Crippen LogP contribution in [0.3, 0.4) is 0 Å². The number of hydrogen-bond donors (Lipinski definition) is 1. The highest BCUT2D eigenvalue weighted by Gasteiger charge is 2.20. The van der Waals surface area contributed by atoms with Crippen LogP contribution in [-0.2, 0) is 4.74 Å². The summed E-state index contributed by atoms with van der Waals surface area (Å²) in [5.41, 5.74) is 0.742. The van der Waals surface area contributed by atoms with E-state index in [2.05, 4.69) is 10.3 Å². The number of aromatic nitrogens is 1. The van der Waals surface area contributed by atoms with Gasteiger partial charge < -0.3 is 10.1 Å². The summed E-state index contributed by atoms with van der Waals surface area (Å²) in [4.78, 5) is 16.3. The van der Waals surface area contributed by atoms with E-state index in [4.69, 9.17) is 4.74 Å².